The third-order valence-corrected chi connectivity index (χ3v) is 5.05. The molecule has 0 saturated carbocycles. The van der Waals surface area contributed by atoms with Crippen LogP contribution in [-0.2, 0) is 4.79 Å². The molecular weight excluding hydrogens is 396 g/mol. The van der Waals surface area contributed by atoms with Crippen molar-refractivity contribution in [3.63, 3.8) is 0 Å². The molecule has 1 amide bonds. The Morgan fingerprint density at radius 1 is 1.17 bits per heavy atom. The highest BCUT2D eigenvalue weighted by Crippen LogP contribution is 2.35. The van der Waals surface area contributed by atoms with Gasteiger partial charge in [-0.3, -0.25) is 4.79 Å². The van der Waals surface area contributed by atoms with Crippen molar-refractivity contribution in [2.24, 2.45) is 0 Å². The highest BCUT2D eigenvalue weighted by Gasteiger charge is 2.16. The van der Waals surface area contributed by atoms with E-state index in [0.717, 1.165) is 11.3 Å². The number of fused-ring (bicyclic) bond motifs is 2. The maximum Gasteiger partial charge on any atom is 0.236 e. The maximum absolute atomic E-state index is 12.1. The Morgan fingerprint density at radius 2 is 2.07 bits per heavy atom. The number of aryl methyl sites for hydroxylation is 1. The van der Waals surface area contributed by atoms with Gasteiger partial charge in [-0.1, -0.05) is 16.9 Å². The number of anilines is 1. The summed E-state index contributed by atoms with van der Waals surface area (Å²) in [6.07, 6.45) is 0. The number of benzene rings is 1. The number of nitrogens with zero attached hydrogens (tertiary/aromatic N) is 5. The van der Waals surface area contributed by atoms with Crippen LogP contribution in [0.4, 0.5) is 5.82 Å². The Morgan fingerprint density at radius 3 is 2.93 bits per heavy atom. The summed E-state index contributed by atoms with van der Waals surface area (Å²) in [5, 5.41) is 19.8. The molecule has 0 radical (unpaired) electrons. The Balaban J connectivity index is 1.35. The number of aromatic nitrogens is 5. The Labute approximate surface area is 168 Å². The minimum absolute atomic E-state index is 0.128. The van der Waals surface area contributed by atoms with Crippen molar-refractivity contribution in [2.75, 3.05) is 17.9 Å². The van der Waals surface area contributed by atoms with E-state index in [9.17, 15) is 4.79 Å². The number of hydrogen-bond donors (Lipinski definition) is 1. The zero-order valence-electron chi connectivity index (χ0n) is 15.2. The van der Waals surface area contributed by atoms with Crippen molar-refractivity contribution >= 4 is 29.1 Å². The third kappa shape index (κ3) is 3.47. The molecule has 1 aliphatic heterocycles. The molecule has 0 unspecified atom stereocenters. The molecule has 4 aromatic rings. The molecule has 0 saturated heterocycles. The van der Waals surface area contributed by atoms with Crippen LogP contribution < -0.4 is 14.8 Å². The van der Waals surface area contributed by atoms with Crippen molar-refractivity contribution < 1.29 is 18.8 Å². The number of amides is 1. The van der Waals surface area contributed by atoms with Gasteiger partial charge in [0.15, 0.2) is 23.0 Å². The predicted octanol–water partition coefficient (Wildman–Crippen LogP) is 2.55. The molecule has 4 heterocycles. The van der Waals surface area contributed by atoms with E-state index in [1.54, 1.807) is 17.5 Å². The van der Waals surface area contributed by atoms with Crippen LogP contribution in [0, 0.1) is 6.92 Å². The summed E-state index contributed by atoms with van der Waals surface area (Å²) in [4.78, 5) is 12.1. The molecule has 146 valence electrons. The summed E-state index contributed by atoms with van der Waals surface area (Å²) in [7, 11) is 0. The Kier molecular flexibility index (Phi) is 4.28. The zero-order valence-corrected chi connectivity index (χ0v) is 16.0. The number of carbonyl (C=O) groups excluding carboxylic acids is 1. The summed E-state index contributed by atoms with van der Waals surface area (Å²) in [5.41, 5.74) is 2.18. The average molecular weight is 410 g/mol. The molecule has 11 heteroatoms. The molecule has 0 fully saturated rings. The van der Waals surface area contributed by atoms with Crippen molar-refractivity contribution in [2.45, 2.75) is 12.1 Å². The number of thioether (sulfide) groups is 1. The minimum Gasteiger partial charge on any atom is -0.454 e. The molecule has 5 rings (SSSR count). The van der Waals surface area contributed by atoms with E-state index in [1.165, 1.54) is 11.8 Å². The van der Waals surface area contributed by atoms with Crippen LogP contribution in [0.25, 0.3) is 16.9 Å². The number of rotatable bonds is 5. The van der Waals surface area contributed by atoms with Gasteiger partial charge in [0.05, 0.1) is 11.4 Å². The van der Waals surface area contributed by atoms with E-state index in [2.05, 4.69) is 25.8 Å². The second-order valence-corrected chi connectivity index (χ2v) is 7.14. The molecule has 29 heavy (non-hydrogen) atoms. The van der Waals surface area contributed by atoms with Gasteiger partial charge in [0, 0.05) is 11.6 Å². The lowest BCUT2D eigenvalue weighted by atomic mass is 10.1. The van der Waals surface area contributed by atoms with Crippen LogP contribution in [0.5, 0.6) is 11.5 Å². The second kappa shape index (κ2) is 7.09. The van der Waals surface area contributed by atoms with Crippen LogP contribution in [0.15, 0.2) is 46.1 Å². The zero-order chi connectivity index (χ0) is 19.8. The fourth-order valence-corrected chi connectivity index (χ4v) is 3.49. The number of carbonyl (C=O) groups is 1. The fraction of sp³-hybridized carbons (Fsp3) is 0.167. The fourth-order valence-electron chi connectivity index (χ4n) is 2.80. The molecule has 1 aliphatic rings. The van der Waals surface area contributed by atoms with Gasteiger partial charge in [0.1, 0.15) is 5.76 Å². The monoisotopic (exact) mass is 410 g/mol. The van der Waals surface area contributed by atoms with E-state index in [1.807, 2.05) is 30.3 Å². The summed E-state index contributed by atoms with van der Waals surface area (Å²) < 4.78 is 17.3. The molecule has 3 aromatic heterocycles. The van der Waals surface area contributed by atoms with Gasteiger partial charge in [-0.05, 0) is 37.3 Å². The molecular formula is C18H14N6O4S. The number of hydrogen-bond acceptors (Lipinski definition) is 9. The molecule has 0 spiro atoms. The van der Waals surface area contributed by atoms with E-state index in [-0.39, 0.29) is 18.5 Å². The Hall–Kier alpha value is -3.60. The number of nitrogens with one attached hydrogen (secondary N) is 1. The first-order chi connectivity index (χ1) is 14.2. The van der Waals surface area contributed by atoms with Crippen molar-refractivity contribution in [1.82, 2.24) is 25.0 Å². The van der Waals surface area contributed by atoms with Crippen molar-refractivity contribution in [3.8, 4) is 22.8 Å². The molecule has 10 nitrogen and oxygen atoms in total. The van der Waals surface area contributed by atoms with Gasteiger partial charge >= 0.3 is 0 Å². The van der Waals surface area contributed by atoms with Crippen LogP contribution in [0.3, 0.4) is 0 Å². The highest BCUT2D eigenvalue weighted by atomic mass is 32.2. The lowest BCUT2D eigenvalue weighted by Gasteiger charge is -2.04. The highest BCUT2D eigenvalue weighted by molar-refractivity contribution is 7.99. The standard InChI is InChI=1S/C18H14N6O4S/c1-10-6-15(23-28-10)19-17(25)8-29-18-21-20-16-5-3-12(22-24(16)18)11-2-4-13-14(7-11)27-9-26-13/h2-7H,8-9H2,1H3,(H,19,23,25). The summed E-state index contributed by atoms with van der Waals surface area (Å²) in [5.74, 6) is 2.29. The topological polar surface area (TPSA) is 117 Å². The first-order valence-electron chi connectivity index (χ1n) is 8.64. The molecule has 1 aromatic carbocycles. The lowest BCUT2D eigenvalue weighted by molar-refractivity contribution is -0.113. The molecule has 1 N–H and O–H groups in total. The van der Waals surface area contributed by atoms with Gasteiger partial charge in [-0.15, -0.1) is 10.2 Å². The summed E-state index contributed by atoms with van der Waals surface area (Å²) in [6.45, 7) is 1.97. The third-order valence-electron chi connectivity index (χ3n) is 4.13. The summed E-state index contributed by atoms with van der Waals surface area (Å²) >= 11 is 1.23. The van der Waals surface area contributed by atoms with E-state index in [4.69, 9.17) is 14.0 Å². The molecule has 0 atom stereocenters. The van der Waals surface area contributed by atoms with Gasteiger partial charge in [0.2, 0.25) is 17.9 Å². The van der Waals surface area contributed by atoms with Crippen LogP contribution in [0.1, 0.15) is 5.76 Å². The van der Waals surface area contributed by atoms with Crippen molar-refractivity contribution in [3.05, 3.63) is 42.2 Å². The van der Waals surface area contributed by atoms with Gasteiger partial charge in [-0.25, -0.2) is 0 Å². The van der Waals surface area contributed by atoms with Crippen LogP contribution in [-0.4, -0.2) is 43.4 Å². The van der Waals surface area contributed by atoms with Gasteiger partial charge < -0.3 is 19.3 Å². The number of ether oxygens (including phenoxy) is 2. The molecule has 0 bridgehead atoms. The van der Waals surface area contributed by atoms with E-state index in [0.29, 0.717) is 33.9 Å². The van der Waals surface area contributed by atoms with Gasteiger partial charge in [-0.2, -0.15) is 9.61 Å². The first-order valence-corrected chi connectivity index (χ1v) is 9.63. The van der Waals surface area contributed by atoms with E-state index < -0.39 is 0 Å². The maximum atomic E-state index is 12.1. The first kappa shape index (κ1) is 17.5. The second-order valence-electron chi connectivity index (χ2n) is 6.20. The molecule has 0 aliphatic carbocycles. The normalized spacial score (nSPS) is 12.4. The minimum atomic E-state index is -0.230. The Bertz CT molecular complexity index is 1220. The van der Waals surface area contributed by atoms with Crippen LogP contribution >= 0.6 is 11.8 Å². The van der Waals surface area contributed by atoms with E-state index >= 15 is 0 Å². The van der Waals surface area contributed by atoms with Crippen LogP contribution in [0.2, 0.25) is 0 Å². The average Bonchev–Trinajstić information content (AvgIpc) is 3.45. The SMILES string of the molecule is Cc1cc(NC(=O)CSc2nnc3ccc(-c4ccc5c(c4)OCO5)nn23)no1. The largest absolute Gasteiger partial charge is 0.454 e. The van der Waals surface area contributed by atoms with Gasteiger partial charge in [0.25, 0.3) is 0 Å². The summed E-state index contributed by atoms with van der Waals surface area (Å²) in [6, 6.07) is 11.0. The smallest absolute Gasteiger partial charge is 0.236 e. The quantitative estimate of drug-likeness (QED) is 0.495. The predicted molar refractivity (Wildman–Crippen MR) is 103 cm³/mol. The van der Waals surface area contributed by atoms with Crippen molar-refractivity contribution in [1.29, 1.82) is 0 Å². The lowest BCUT2D eigenvalue weighted by Crippen LogP contribution is -2.14.